The first-order chi connectivity index (χ1) is 5.61. The van der Waals surface area contributed by atoms with Crippen molar-refractivity contribution in [2.24, 2.45) is 0 Å². The van der Waals surface area contributed by atoms with Gasteiger partial charge in [-0.3, -0.25) is 10.1 Å². The van der Waals surface area contributed by atoms with E-state index < -0.39 is 0 Å². The summed E-state index contributed by atoms with van der Waals surface area (Å²) >= 11 is 0. The van der Waals surface area contributed by atoms with Gasteiger partial charge in [0.15, 0.2) is 6.71 Å². The summed E-state index contributed by atoms with van der Waals surface area (Å²) in [6, 6.07) is 6.66. The fraction of sp³-hybridized carbons (Fsp3) is 0.250. The number of hydrogen-bond acceptors (Lipinski definition) is 2. The Kier molecular flexibility index (Phi) is 2.48. The van der Waals surface area contributed by atoms with Crippen LogP contribution in [0.15, 0.2) is 24.3 Å². The third kappa shape index (κ3) is 1.84. The molecule has 0 aliphatic heterocycles. The minimum absolute atomic E-state index is 0.152. The van der Waals surface area contributed by atoms with Gasteiger partial charge in [-0.25, -0.2) is 0 Å². The van der Waals surface area contributed by atoms with Gasteiger partial charge < -0.3 is 0 Å². The summed E-state index contributed by atoms with van der Waals surface area (Å²) in [6.07, 6.45) is 0. The van der Waals surface area contributed by atoms with Crippen molar-refractivity contribution in [1.82, 2.24) is 0 Å². The Bertz CT molecular complexity index is 282. The van der Waals surface area contributed by atoms with Gasteiger partial charge in [-0.1, -0.05) is 31.2 Å². The molecule has 0 heterocycles. The van der Waals surface area contributed by atoms with Crippen LogP contribution in [0.4, 0.5) is 5.69 Å². The van der Waals surface area contributed by atoms with Crippen LogP contribution in [0, 0.1) is 10.1 Å². The maximum absolute atomic E-state index is 10.3. The average Bonchev–Trinajstić information content (AvgIpc) is 2.04. The summed E-state index contributed by atoms with van der Waals surface area (Å²) in [5.41, 5.74) is 1.28. The van der Waals surface area contributed by atoms with Gasteiger partial charge in [0.25, 0.3) is 5.69 Å². The predicted octanol–water partition coefficient (Wildman–Crippen LogP) is 1.56. The summed E-state index contributed by atoms with van der Waals surface area (Å²) in [5, 5.41) is 10.3. The van der Waals surface area contributed by atoms with E-state index in [2.05, 4.69) is 13.6 Å². The smallest absolute Gasteiger partial charge is 0.258 e. The van der Waals surface area contributed by atoms with E-state index in [1.54, 1.807) is 12.1 Å². The van der Waals surface area contributed by atoms with E-state index in [-0.39, 0.29) is 10.6 Å². The summed E-state index contributed by atoms with van der Waals surface area (Å²) in [4.78, 5) is 9.90. The van der Waals surface area contributed by atoms with Crippen LogP contribution in [0.5, 0.6) is 0 Å². The summed E-state index contributed by atoms with van der Waals surface area (Å²) in [5.74, 6) is 0. The molecule has 0 saturated carbocycles. The lowest BCUT2D eigenvalue weighted by atomic mass is 9.49. The average molecular weight is 163 g/mol. The van der Waals surface area contributed by atoms with Crippen molar-refractivity contribution in [3.8, 4) is 0 Å². The Morgan fingerprint density at radius 2 is 1.75 bits per heavy atom. The van der Waals surface area contributed by atoms with Crippen molar-refractivity contribution < 1.29 is 4.92 Å². The first-order valence-electron chi connectivity index (χ1n) is 3.85. The number of benzene rings is 1. The minimum Gasteiger partial charge on any atom is -0.258 e. The normalized spacial score (nSPS) is 9.50. The van der Waals surface area contributed by atoms with Crippen LogP contribution in [-0.2, 0) is 0 Å². The lowest BCUT2D eigenvalue weighted by molar-refractivity contribution is -0.384. The highest BCUT2D eigenvalue weighted by Gasteiger charge is 2.06. The Morgan fingerprint density at radius 3 is 2.08 bits per heavy atom. The summed E-state index contributed by atoms with van der Waals surface area (Å²) < 4.78 is 0. The monoisotopic (exact) mass is 163 g/mol. The van der Waals surface area contributed by atoms with Crippen LogP contribution >= 0.6 is 0 Å². The second-order valence-electron chi connectivity index (χ2n) is 3.00. The van der Waals surface area contributed by atoms with Crippen LogP contribution in [0.2, 0.25) is 13.6 Å². The van der Waals surface area contributed by atoms with Gasteiger partial charge in [-0.05, 0) is 0 Å². The number of nitrogens with zero attached hydrogens (tertiary/aromatic N) is 1. The second-order valence-corrected chi connectivity index (χ2v) is 3.00. The van der Waals surface area contributed by atoms with Crippen molar-refractivity contribution in [3.63, 3.8) is 0 Å². The van der Waals surface area contributed by atoms with E-state index >= 15 is 0 Å². The topological polar surface area (TPSA) is 43.1 Å². The SMILES string of the molecule is CB(C)c1ccc([N+](=O)[O-])cc1. The molecular weight excluding hydrogens is 153 g/mol. The molecule has 62 valence electrons. The van der Waals surface area contributed by atoms with Gasteiger partial charge in [0.1, 0.15) is 0 Å². The van der Waals surface area contributed by atoms with Gasteiger partial charge >= 0.3 is 0 Å². The largest absolute Gasteiger partial charge is 0.269 e. The van der Waals surface area contributed by atoms with Crippen molar-refractivity contribution in [2.75, 3.05) is 0 Å². The Balaban J connectivity index is 2.93. The Morgan fingerprint density at radius 1 is 1.25 bits per heavy atom. The van der Waals surface area contributed by atoms with Gasteiger partial charge in [0, 0.05) is 12.1 Å². The first-order valence-corrected chi connectivity index (χ1v) is 3.85. The molecule has 0 aromatic heterocycles. The zero-order valence-electron chi connectivity index (χ0n) is 7.15. The third-order valence-corrected chi connectivity index (χ3v) is 1.77. The van der Waals surface area contributed by atoms with Crippen molar-refractivity contribution >= 4 is 17.9 Å². The molecule has 0 bridgehead atoms. The standard InChI is InChI=1S/C8H10BNO2/c1-9(2)7-3-5-8(6-4-7)10(11)12/h3-6H,1-2H3. The molecule has 1 rings (SSSR count). The molecule has 0 aliphatic carbocycles. The quantitative estimate of drug-likeness (QED) is 0.377. The molecule has 0 spiro atoms. The lowest BCUT2D eigenvalue weighted by Crippen LogP contribution is -2.21. The van der Waals surface area contributed by atoms with Crippen LogP contribution in [0.25, 0.3) is 0 Å². The molecule has 4 heteroatoms. The van der Waals surface area contributed by atoms with E-state index in [9.17, 15) is 10.1 Å². The van der Waals surface area contributed by atoms with E-state index in [0.717, 1.165) is 5.46 Å². The number of non-ortho nitro benzene ring substituents is 1. The van der Waals surface area contributed by atoms with E-state index in [4.69, 9.17) is 0 Å². The highest BCUT2D eigenvalue weighted by Crippen LogP contribution is 2.07. The van der Waals surface area contributed by atoms with Crippen LogP contribution in [0.3, 0.4) is 0 Å². The maximum atomic E-state index is 10.3. The van der Waals surface area contributed by atoms with Crippen molar-refractivity contribution in [1.29, 1.82) is 0 Å². The zero-order valence-corrected chi connectivity index (χ0v) is 7.15. The van der Waals surface area contributed by atoms with Gasteiger partial charge in [0.05, 0.1) is 4.92 Å². The maximum Gasteiger partial charge on any atom is 0.269 e. The van der Waals surface area contributed by atoms with E-state index in [0.29, 0.717) is 6.71 Å². The Labute approximate surface area is 71.6 Å². The van der Waals surface area contributed by atoms with Gasteiger partial charge in [-0.2, -0.15) is 0 Å². The summed E-state index contributed by atoms with van der Waals surface area (Å²) in [6.45, 7) is 4.54. The molecule has 1 aromatic rings. The number of nitro benzene ring substituents is 1. The highest BCUT2D eigenvalue weighted by atomic mass is 16.6. The Hall–Kier alpha value is -1.32. The fourth-order valence-corrected chi connectivity index (χ4v) is 0.981. The molecule has 0 unspecified atom stereocenters. The molecule has 0 atom stereocenters. The van der Waals surface area contributed by atoms with E-state index in [1.165, 1.54) is 12.1 Å². The molecule has 0 fully saturated rings. The lowest BCUT2D eigenvalue weighted by Gasteiger charge is -1.99. The zero-order chi connectivity index (χ0) is 9.14. The molecule has 0 N–H and O–H groups in total. The van der Waals surface area contributed by atoms with Gasteiger partial charge in [-0.15, -0.1) is 0 Å². The number of hydrogen-bond donors (Lipinski definition) is 0. The van der Waals surface area contributed by atoms with Crippen LogP contribution < -0.4 is 5.46 Å². The molecule has 0 amide bonds. The highest BCUT2D eigenvalue weighted by molar-refractivity contribution is 6.70. The molecule has 0 saturated heterocycles. The minimum atomic E-state index is -0.385. The van der Waals surface area contributed by atoms with Crippen molar-refractivity contribution in [3.05, 3.63) is 34.4 Å². The molecule has 12 heavy (non-hydrogen) atoms. The molecule has 0 aliphatic rings. The number of nitro groups is 1. The van der Waals surface area contributed by atoms with Crippen molar-refractivity contribution in [2.45, 2.75) is 13.6 Å². The van der Waals surface area contributed by atoms with Crippen LogP contribution in [0.1, 0.15) is 0 Å². The molecule has 0 radical (unpaired) electrons. The third-order valence-electron chi connectivity index (χ3n) is 1.77. The molecule has 1 aromatic carbocycles. The second kappa shape index (κ2) is 3.39. The summed E-state index contributed by atoms with van der Waals surface area (Å²) in [7, 11) is 0. The fourth-order valence-electron chi connectivity index (χ4n) is 0.981. The predicted molar refractivity (Wildman–Crippen MR) is 50.2 cm³/mol. The van der Waals surface area contributed by atoms with Gasteiger partial charge in [0.2, 0.25) is 0 Å². The van der Waals surface area contributed by atoms with E-state index in [1.807, 2.05) is 0 Å². The molecular formula is C8H10BNO2. The first kappa shape index (κ1) is 8.78. The molecule has 3 nitrogen and oxygen atoms in total. The van der Waals surface area contributed by atoms with Crippen LogP contribution in [-0.4, -0.2) is 11.6 Å². The number of rotatable bonds is 2.